The van der Waals surface area contributed by atoms with E-state index in [2.05, 4.69) is 0 Å². The average Bonchev–Trinajstić information content (AvgIpc) is 2.59. The van der Waals surface area contributed by atoms with Gasteiger partial charge in [-0.15, -0.1) is 0 Å². The smallest absolute Gasteiger partial charge is 0.297 e. The van der Waals surface area contributed by atoms with E-state index in [0.717, 1.165) is 11.1 Å². The molecule has 24 heavy (non-hydrogen) atoms. The summed E-state index contributed by atoms with van der Waals surface area (Å²) < 4.78 is 40.1. The van der Waals surface area contributed by atoms with Gasteiger partial charge < -0.3 is 9.47 Å². The van der Waals surface area contributed by atoms with Gasteiger partial charge >= 0.3 is 0 Å². The van der Waals surface area contributed by atoms with Crippen LogP contribution in [0.3, 0.4) is 0 Å². The third-order valence-electron chi connectivity index (χ3n) is 3.47. The van der Waals surface area contributed by atoms with Gasteiger partial charge in [0.15, 0.2) is 0 Å². The van der Waals surface area contributed by atoms with E-state index in [9.17, 15) is 8.42 Å². The molecule has 0 bridgehead atoms. The van der Waals surface area contributed by atoms with Crippen molar-refractivity contribution < 1.29 is 22.1 Å². The van der Waals surface area contributed by atoms with E-state index in [1.165, 1.54) is 19.2 Å². The summed E-state index contributed by atoms with van der Waals surface area (Å²) >= 11 is 0. The molecule has 130 valence electrons. The van der Waals surface area contributed by atoms with Crippen LogP contribution in [0.2, 0.25) is 0 Å². The maximum absolute atomic E-state index is 12.1. The summed E-state index contributed by atoms with van der Waals surface area (Å²) in [7, 11) is -2.30. The SMILES string of the molecule is COC(COCc1ccccc1)COS(=O)(=O)c1ccc(C)cc1. The number of ether oxygens (including phenoxy) is 2. The first-order valence-corrected chi connectivity index (χ1v) is 9.02. The Bertz CT molecular complexity index is 711. The second-order valence-corrected chi connectivity index (χ2v) is 7.03. The van der Waals surface area contributed by atoms with E-state index in [4.69, 9.17) is 13.7 Å². The molecular weight excluding hydrogens is 328 g/mol. The summed E-state index contributed by atoms with van der Waals surface area (Å²) in [5.41, 5.74) is 2.03. The molecule has 5 nitrogen and oxygen atoms in total. The van der Waals surface area contributed by atoms with Crippen LogP contribution < -0.4 is 0 Å². The molecule has 0 N–H and O–H groups in total. The van der Waals surface area contributed by atoms with Gasteiger partial charge in [0.05, 0.1) is 24.7 Å². The van der Waals surface area contributed by atoms with E-state index in [1.807, 2.05) is 37.3 Å². The lowest BCUT2D eigenvalue weighted by Crippen LogP contribution is -2.26. The largest absolute Gasteiger partial charge is 0.377 e. The highest BCUT2D eigenvalue weighted by molar-refractivity contribution is 7.86. The minimum absolute atomic E-state index is 0.0957. The summed E-state index contributed by atoms with van der Waals surface area (Å²) in [4.78, 5) is 0.133. The molecule has 0 aliphatic heterocycles. The molecule has 0 saturated carbocycles. The minimum Gasteiger partial charge on any atom is -0.377 e. The van der Waals surface area contributed by atoms with Gasteiger partial charge in [0.25, 0.3) is 10.1 Å². The highest BCUT2D eigenvalue weighted by Crippen LogP contribution is 2.14. The molecule has 2 aromatic rings. The van der Waals surface area contributed by atoms with E-state index in [0.29, 0.717) is 6.61 Å². The molecule has 0 aliphatic carbocycles. The molecule has 0 amide bonds. The summed E-state index contributed by atoms with van der Waals surface area (Å²) in [6.07, 6.45) is -0.464. The quantitative estimate of drug-likeness (QED) is 0.651. The Hall–Kier alpha value is -1.73. The lowest BCUT2D eigenvalue weighted by atomic mass is 10.2. The predicted molar refractivity (Wildman–Crippen MR) is 91.2 cm³/mol. The lowest BCUT2D eigenvalue weighted by Gasteiger charge is -2.16. The Balaban J connectivity index is 1.83. The summed E-state index contributed by atoms with van der Waals surface area (Å²) in [6, 6.07) is 16.2. The van der Waals surface area contributed by atoms with Crippen molar-refractivity contribution in [1.82, 2.24) is 0 Å². The van der Waals surface area contributed by atoms with Crippen LogP contribution in [0.5, 0.6) is 0 Å². The summed E-state index contributed by atoms with van der Waals surface area (Å²) in [5.74, 6) is 0. The summed E-state index contributed by atoms with van der Waals surface area (Å²) in [6.45, 7) is 2.48. The van der Waals surface area contributed by atoms with Crippen LogP contribution >= 0.6 is 0 Å². The fraction of sp³-hybridized carbons (Fsp3) is 0.333. The predicted octanol–water partition coefficient (Wildman–Crippen LogP) is 2.93. The second-order valence-electron chi connectivity index (χ2n) is 5.41. The first-order chi connectivity index (χ1) is 11.5. The molecule has 0 spiro atoms. The number of methoxy groups -OCH3 is 1. The van der Waals surface area contributed by atoms with Crippen molar-refractivity contribution in [2.75, 3.05) is 20.3 Å². The maximum atomic E-state index is 12.1. The van der Waals surface area contributed by atoms with Crippen LogP contribution in [0.25, 0.3) is 0 Å². The van der Waals surface area contributed by atoms with E-state index >= 15 is 0 Å². The van der Waals surface area contributed by atoms with Crippen LogP contribution in [0, 0.1) is 6.92 Å². The molecule has 0 aliphatic rings. The zero-order valence-corrected chi connectivity index (χ0v) is 14.7. The van der Waals surface area contributed by atoms with Crippen molar-refractivity contribution >= 4 is 10.1 Å². The monoisotopic (exact) mass is 350 g/mol. The van der Waals surface area contributed by atoms with Crippen LogP contribution in [-0.4, -0.2) is 34.8 Å². The standard InChI is InChI=1S/C18H22O5S/c1-15-8-10-18(11-9-15)24(19,20)23-14-17(21-2)13-22-12-16-6-4-3-5-7-16/h3-11,17H,12-14H2,1-2H3. The van der Waals surface area contributed by atoms with E-state index in [1.54, 1.807) is 12.1 Å². The molecule has 0 heterocycles. The maximum Gasteiger partial charge on any atom is 0.297 e. The Morgan fingerprint density at radius 3 is 2.25 bits per heavy atom. The lowest BCUT2D eigenvalue weighted by molar-refractivity contribution is -0.0185. The molecule has 2 rings (SSSR count). The molecule has 6 heteroatoms. The zero-order valence-electron chi connectivity index (χ0n) is 13.8. The number of hydrogen-bond acceptors (Lipinski definition) is 5. The number of rotatable bonds is 9. The van der Waals surface area contributed by atoms with Gasteiger partial charge in [-0.1, -0.05) is 48.0 Å². The highest BCUT2D eigenvalue weighted by atomic mass is 32.2. The minimum atomic E-state index is -3.79. The van der Waals surface area contributed by atoms with E-state index in [-0.39, 0.29) is 18.1 Å². The molecule has 1 atom stereocenters. The van der Waals surface area contributed by atoms with Crippen molar-refractivity contribution in [2.24, 2.45) is 0 Å². The normalized spacial score (nSPS) is 12.9. The Kier molecular flexibility index (Phi) is 6.93. The molecule has 2 aromatic carbocycles. The molecule has 0 radical (unpaired) electrons. The molecular formula is C18H22O5S. The van der Waals surface area contributed by atoms with Crippen LogP contribution in [0.15, 0.2) is 59.5 Å². The van der Waals surface area contributed by atoms with Crippen molar-refractivity contribution in [3.8, 4) is 0 Å². The Morgan fingerprint density at radius 2 is 1.62 bits per heavy atom. The van der Waals surface area contributed by atoms with Gasteiger partial charge in [-0.2, -0.15) is 8.42 Å². The van der Waals surface area contributed by atoms with Crippen molar-refractivity contribution in [3.05, 3.63) is 65.7 Å². The average molecular weight is 350 g/mol. The van der Waals surface area contributed by atoms with Gasteiger partial charge in [-0.25, -0.2) is 0 Å². The van der Waals surface area contributed by atoms with Crippen LogP contribution in [-0.2, 0) is 30.4 Å². The first-order valence-electron chi connectivity index (χ1n) is 7.62. The van der Waals surface area contributed by atoms with Crippen LogP contribution in [0.4, 0.5) is 0 Å². The first kappa shape index (κ1) is 18.6. The molecule has 0 saturated heterocycles. The third kappa shape index (κ3) is 5.72. The zero-order chi connectivity index (χ0) is 17.4. The van der Waals surface area contributed by atoms with Gasteiger partial charge in [0.2, 0.25) is 0 Å². The molecule has 0 aromatic heterocycles. The third-order valence-corrected chi connectivity index (χ3v) is 4.76. The van der Waals surface area contributed by atoms with Crippen molar-refractivity contribution in [1.29, 1.82) is 0 Å². The number of aryl methyl sites for hydroxylation is 1. The molecule has 0 fully saturated rings. The van der Waals surface area contributed by atoms with Crippen molar-refractivity contribution in [3.63, 3.8) is 0 Å². The number of hydrogen-bond donors (Lipinski definition) is 0. The van der Waals surface area contributed by atoms with E-state index < -0.39 is 16.2 Å². The summed E-state index contributed by atoms with van der Waals surface area (Å²) in [5, 5.41) is 0. The topological polar surface area (TPSA) is 61.8 Å². The van der Waals surface area contributed by atoms with Gasteiger partial charge in [0, 0.05) is 7.11 Å². The van der Waals surface area contributed by atoms with Gasteiger partial charge in [-0.05, 0) is 24.6 Å². The Labute approximate surface area is 143 Å². The van der Waals surface area contributed by atoms with Crippen molar-refractivity contribution in [2.45, 2.75) is 24.5 Å². The second kappa shape index (κ2) is 8.94. The fourth-order valence-corrected chi connectivity index (χ4v) is 2.94. The Morgan fingerprint density at radius 1 is 0.958 bits per heavy atom. The fourth-order valence-electron chi connectivity index (χ4n) is 2.01. The number of benzene rings is 2. The van der Waals surface area contributed by atoms with Gasteiger partial charge in [-0.3, -0.25) is 4.18 Å². The van der Waals surface area contributed by atoms with Gasteiger partial charge in [0.1, 0.15) is 6.10 Å². The molecule has 1 unspecified atom stereocenters. The van der Waals surface area contributed by atoms with Crippen LogP contribution in [0.1, 0.15) is 11.1 Å². The highest BCUT2D eigenvalue weighted by Gasteiger charge is 2.18.